The molecule has 1 aliphatic carbocycles. The van der Waals surface area contributed by atoms with E-state index >= 15 is 0 Å². The van der Waals surface area contributed by atoms with Crippen molar-refractivity contribution in [3.63, 3.8) is 0 Å². The Hall–Kier alpha value is -0.560. The van der Waals surface area contributed by atoms with Crippen molar-refractivity contribution in [2.24, 2.45) is 5.92 Å². The van der Waals surface area contributed by atoms with E-state index in [9.17, 15) is 0 Å². The normalized spacial score (nSPS) is 21.1. The lowest BCUT2D eigenvalue weighted by molar-refractivity contribution is 0.539. The van der Waals surface area contributed by atoms with Gasteiger partial charge in [0.2, 0.25) is 0 Å². The van der Waals surface area contributed by atoms with Gasteiger partial charge in [-0.3, -0.25) is 0 Å². The molecule has 0 amide bonds. The van der Waals surface area contributed by atoms with Gasteiger partial charge < -0.3 is 5.32 Å². The van der Waals surface area contributed by atoms with Crippen LogP contribution in [0.25, 0.3) is 0 Å². The molecule has 1 N–H and O–H groups in total. The van der Waals surface area contributed by atoms with Gasteiger partial charge >= 0.3 is 0 Å². The molecule has 0 aliphatic heterocycles. The molecule has 1 heteroatoms. The van der Waals surface area contributed by atoms with E-state index in [1.807, 2.05) is 7.05 Å². The molecule has 0 heterocycles. The highest BCUT2D eigenvalue weighted by Crippen LogP contribution is 2.12. The first-order valence-corrected chi connectivity index (χ1v) is 3.37. The van der Waals surface area contributed by atoms with Crippen molar-refractivity contribution < 1.29 is 0 Å². The summed E-state index contributed by atoms with van der Waals surface area (Å²) >= 11 is 0. The molecular weight excluding hydrogens is 110 g/mol. The van der Waals surface area contributed by atoms with Gasteiger partial charge in [0.1, 0.15) is 0 Å². The van der Waals surface area contributed by atoms with E-state index < -0.39 is 0 Å². The van der Waals surface area contributed by atoms with Crippen LogP contribution >= 0.6 is 0 Å². The molecule has 1 aliphatic rings. The molecule has 1 nitrogen and oxygen atoms in total. The molecule has 0 saturated carbocycles. The second-order valence-electron chi connectivity index (χ2n) is 2.42. The molecule has 0 fully saturated rings. The molecule has 0 saturated heterocycles. The van der Waals surface area contributed by atoms with Crippen LogP contribution in [0.15, 0.2) is 24.3 Å². The molecule has 50 valence electrons. The maximum atomic E-state index is 3.20. The first-order valence-electron chi connectivity index (χ1n) is 3.37. The van der Waals surface area contributed by atoms with Gasteiger partial charge in [-0.15, -0.1) is 0 Å². The van der Waals surface area contributed by atoms with Gasteiger partial charge in [0, 0.05) is 12.0 Å². The zero-order valence-electron chi connectivity index (χ0n) is 5.96. The van der Waals surface area contributed by atoms with Crippen LogP contribution in [0.2, 0.25) is 0 Å². The summed E-state index contributed by atoms with van der Waals surface area (Å²) in [5.74, 6) is 0.606. The molecular formula is C8H13N. The van der Waals surface area contributed by atoms with Gasteiger partial charge in [-0.05, 0) is 14.0 Å². The minimum atomic E-state index is 0.569. The Morgan fingerprint density at radius 3 is 2.33 bits per heavy atom. The predicted octanol–water partition coefficient (Wildman–Crippen LogP) is 1.34. The summed E-state index contributed by atoms with van der Waals surface area (Å²) in [4.78, 5) is 0. The fourth-order valence-corrected chi connectivity index (χ4v) is 0.975. The van der Waals surface area contributed by atoms with Crippen molar-refractivity contribution >= 4 is 0 Å². The van der Waals surface area contributed by atoms with Crippen molar-refractivity contribution in [1.29, 1.82) is 0 Å². The summed E-state index contributed by atoms with van der Waals surface area (Å²) in [6, 6.07) is 0.569. The minimum absolute atomic E-state index is 0.569. The lowest BCUT2D eigenvalue weighted by Crippen LogP contribution is -2.27. The van der Waals surface area contributed by atoms with Crippen LogP contribution in [-0.4, -0.2) is 13.1 Å². The van der Waals surface area contributed by atoms with Crippen LogP contribution in [0.4, 0.5) is 0 Å². The molecule has 0 aromatic carbocycles. The third-order valence-corrected chi connectivity index (χ3v) is 1.81. The van der Waals surface area contributed by atoms with Crippen LogP contribution in [0.5, 0.6) is 0 Å². The van der Waals surface area contributed by atoms with Crippen LogP contribution in [0.1, 0.15) is 6.92 Å². The highest BCUT2D eigenvalue weighted by molar-refractivity contribution is 5.19. The van der Waals surface area contributed by atoms with E-state index in [0.29, 0.717) is 12.0 Å². The highest BCUT2D eigenvalue weighted by Gasteiger charge is 2.09. The fraction of sp³-hybridized carbons (Fsp3) is 0.500. The second kappa shape index (κ2) is 2.83. The van der Waals surface area contributed by atoms with Crippen molar-refractivity contribution in [3.05, 3.63) is 24.3 Å². The van der Waals surface area contributed by atoms with Gasteiger partial charge in [-0.1, -0.05) is 24.3 Å². The molecule has 0 radical (unpaired) electrons. The van der Waals surface area contributed by atoms with E-state index in [1.165, 1.54) is 0 Å². The van der Waals surface area contributed by atoms with Crippen LogP contribution in [0.3, 0.4) is 0 Å². The molecule has 0 bridgehead atoms. The molecule has 0 aromatic rings. The number of hydrogen-bond donors (Lipinski definition) is 1. The average molecular weight is 123 g/mol. The van der Waals surface area contributed by atoms with Crippen molar-refractivity contribution in [1.82, 2.24) is 5.32 Å². The smallest absolute Gasteiger partial charge is 0.0133 e. The van der Waals surface area contributed by atoms with E-state index in [4.69, 9.17) is 0 Å². The molecule has 0 unspecified atom stereocenters. The second-order valence-corrected chi connectivity index (χ2v) is 2.42. The first kappa shape index (κ1) is 6.56. The molecule has 0 aromatic heterocycles. The maximum absolute atomic E-state index is 3.20. The van der Waals surface area contributed by atoms with Gasteiger partial charge in [0.15, 0.2) is 0 Å². The van der Waals surface area contributed by atoms with E-state index in [-0.39, 0.29) is 0 Å². The van der Waals surface area contributed by atoms with Crippen LogP contribution in [-0.2, 0) is 0 Å². The van der Waals surface area contributed by atoms with Crippen molar-refractivity contribution in [3.8, 4) is 0 Å². The lowest BCUT2D eigenvalue weighted by atomic mass is 10.0. The zero-order chi connectivity index (χ0) is 6.69. The average Bonchev–Trinajstić information content (AvgIpc) is 2.37. The Morgan fingerprint density at radius 2 is 1.89 bits per heavy atom. The predicted molar refractivity (Wildman–Crippen MR) is 40.3 cm³/mol. The summed E-state index contributed by atoms with van der Waals surface area (Å²) in [5, 5.41) is 3.20. The van der Waals surface area contributed by atoms with E-state index in [2.05, 4.69) is 36.5 Å². The van der Waals surface area contributed by atoms with E-state index in [0.717, 1.165) is 0 Å². The Morgan fingerprint density at radius 1 is 1.33 bits per heavy atom. The van der Waals surface area contributed by atoms with Gasteiger partial charge in [-0.25, -0.2) is 0 Å². The summed E-state index contributed by atoms with van der Waals surface area (Å²) in [7, 11) is 1.99. The number of hydrogen-bond acceptors (Lipinski definition) is 1. The quantitative estimate of drug-likeness (QED) is 0.584. The van der Waals surface area contributed by atoms with Gasteiger partial charge in [-0.2, -0.15) is 0 Å². The molecule has 1 atom stereocenters. The summed E-state index contributed by atoms with van der Waals surface area (Å²) in [6.45, 7) is 2.19. The lowest BCUT2D eigenvalue weighted by Gasteiger charge is -2.13. The maximum Gasteiger partial charge on any atom is 0.0133 e. The Bertz CT molecular complexity index is 124. The van der Waals surface area contributed by atoms with Gasteiger partial charge in [0.25, 0.3) is 0 Å². The summed E-state index contributed by atoms with van der Waals surface area (Å²) in [6.07, 6.45) is 8.61. The fourth-order valence-electron chi connectivity index (χ4n) is 0.975. The number of nitrogens with one attached hydrogen (secondary N) is 1. The van der Waals surface area contributed by atoms with E-state index in [1.54, 1.807) is 0 Å². The molecule has 9 heavy (non-hydrogen) atoms. The third kappa shape index (κ3) is 1.42. The van der Waals surface area contributed by atoms with Gasteiger partial charge in [0.05, 0.1) is 0 Å². The standard InChI is InChI=1S/C8H13N/c1-7(9-2)8-5-3-4-6-8/h3-9H,1-2H3/t7-/m1/s1. The SMILES string of the molecule is CN[C@H](C)C1C=CC=C1. The number of allylic oxidation sites excluding steroid dienone is 2. The van der Waals surface area contributed by atoms with Crippen LogP contribution < -0.4 is 5.32 Å². The Balaban J connectivity index is 2.43. The number of rotatable bonds is 2. The van der Waals surface area contributed by atoms with Crippen molar-refractivity contribution in [2.75, 3.05) is 7.05 Å². The topological polar surface area (TPSA) is 12.0 Å². The molecule has 0 spiro atoms. The zero-order valence-corrected chi connectivity index (χ0v) is 5.96. The third-order valence-electron chi connectivity index (χ3n) is 1.81. The minimum Gasteiger partial charge on any atom is -0.316 e. The van der Waals surface area contributed by atoms with Crippen LogP contribution in [0, 0.1) is 5.92 Å². The monoisotopic (exact) mass is 123 g/mol. The largest absolute Gasteiger partial charge is 0.316 e. The summed E-state index contributed by atoms with van der Waals surface area (Å²) in [5.41, 5.74) is 0. The first-order chi connectivity index (χ1) is 4.34. The molecule has 1 rings (SSSR count). The summed E-state index contributed by atoms with van der Waals surface area (Å²) < 4.78 is 0. The van der Waals surface area contributed by atoms with Crippen molar-refractivity contribution in [2.45, 2.75) is 13.0 Å². The highest BCUT2D eigenvalue weighted by atomic mass is 14.9. The Labute approximate surface area is 56.5 Å². The Kier molecular flexibility index (Phi) is 2.06.